The molecule has 1 aromatic heterocycles. The number of methoxy groups -OCH3 is 1. The quantitative estimate of drug-likeness (QED) is 0.821. The van der Waals surface area contributed by atoms with Crippen LogP contribution in [0.2, 0.25) is 0 Å². The number of esters is 1. The summed E-state index contributed by atoms with van der Waals surface area (Å²) in [7, 11) is 1.42. The van der Waals surface area contributed by atoms with E-state index in [-0.39, 0.29) is 23.8 Å². The van der Waals surface area contributed by atoms with E-state index < -0.39 is 0 Å². The van der Waals surface area contributed by atoms with Crippen molar-refractivity contribution in [3.8, 4) is 0 Å². The highest BCUT2D eigenvalue weighted by Crippen LogP contribution is 2.26. The van der Waals surface area contributed by atoms with E-state index in [4.69, 9.17) is 9.15 Å². The Morgan fingerprint density at radius 1 is 1.44 bits per heavy atom. The van der Waals surface area contributed by atoms with Gasteiger partial charge in [0.25, 0.3) is 0 Å². The zero-order chi connectivity index (χ0) is 13.1. The number of nitrogens with one attached hydrogen (secondary N) is 1. The Morgan fingerprint density at radius 2 is 2.22 bits per heavy atom. The lowest BCUT2D eigenvalue weighted by atomic mass is 9.95. The van der Waals surface area contributed by atoms with Crippen LogP contribution in [-0.4, -0.2) is 29.8 Å². The molecule has 18 heavy (non-hydrogen) atoms. The second-order valence-electron chi connectivity index (χ2n) is 4.89. The van der Waals surface area contributed by atoms with Crippen LogP contribution in [0.1, 0.15) is 50.4 Å². The first-order valence-electron chi connectivity index (χ1n) is 6.26. The molecule has 0 saturated carbocycles. The number of hydrogen-bond acceptors (Lipinski definition) is 6. The molecule has 2 rings (SSSR count). The van der Waals surface area contributed by atoms with Gasteiger partial charge in [0, 0.05) is 12.5 Å². The summed E-state index contributed by atoms with van der Waals surface area (Å²) in [5.41, 5.74) is 0. The first-order valence-corrected chi connectivity index (χ1v) is 6.26. The average Bonchev–Trinajstić information content (AvgIpc) is 2.88. The maximum atomic E-state index is 11.4. The van der Waals surface area contributed by atoms with E-state index in [1.165, 1.54) is 7.11 Å². The zero-order valence-corrected chi connectivity index (χ0v) is 11.0. The number of carbonyl (C=O) groups is 1. The summed E-state index contributed by atoms with van der Waals surface area (Å²) in [6, 6.07) is 0.0471. The molecule has 1 N–H and O–H groups in total. The average molecular weight is 253 g/mol. The van der Waals surface area contributed by atoms with E-state index in [0.717, 1.165) is 12.8 Å². The van der Waals surface area contributed by atoms with Crippen LogP contribution >= 0.6 is 0 Å². The summed E-state index contributed by atoms with van der Waals surface area (Å²) in [4.78, 5) is 11.4. The lowest BCUT2D eigenvalue weighted by Crippen LogP contribution is -2.37. The smallest absolute Gasteiger partial charge is 0.309 e. The SMILES string of the molecule is COC(=O)[C@@H]1CC[C@@H](c2nnc(C(C)C)o2)NC1. The summed E-state index contributed by atoms with van der Waals surface area (Å²) < 4.78 is 10.3. The van der Waals surface area contributed by atoms with Gasteiger partial charge < -0.3 is 14.5 Å². The van der Waals surface area contributed by atoms with Gasteiger partial charge in [0.15, 0.2) is 0 Å². The zero-order valence-electron chi connectivity index (χ0n) is 11.0. The fourth-order valence-corrected chi connectivity index (χ4v) is 2.06. The van der Waals surface area contributed by atoms with Crippen molar-refractivity contribution < 1.29 is 13.9 Å². The number of ether oxygens (including phenoxy) is 1. The van der Waals surface area contributed by atoms with Gasteiger partial charge in [-0.2, -0.15) is 0 Å². The van der Waals surface area contributed by atoms with E-state index in [2.05, 4.69) is 15.5 Å². The minimum Gasteiger partial charge on any atom is -0.469 e. The Hall–Kier alpha value is -1.43. The normalized spacial score (nSPS) is 24.2. The van der Waals surface area contributed by atoms with Crippen molar-refractivity contribution in [2.45, 2.75) is 38.6 Å². The lowest BCUT2D eigenvalue weighted by Gasteiger charge is -2.26. The molecule has 0 amide bonds. The van der Waals surface area contributed by atoms with Crippen LogP contribution < -0.4 is 5.32 Å². The second kappa shape index (κ2) is 5.48. The van der Waals surface area contributed by atoms with Crippen molar-refractivity contribution >= 4 is 5.97 Å². The van der Waals surface area contributed by atoms with Crippen molar-refractivity contribution in [2.24, 2.45) is 5.92 Å². The van der Waals surface area contributed by atoms with Crippen LogP contribution in [0.5, 0.6) is 0 Å². The molecule has 2 atom stereocenters. The summed E-state index contributed by atoms with van der Waals surface area (Å²) in [5.74, 6) is 1.27. The van der Waals surface area contributed by atoms with Gasteiger partial charge in [-0.25, -0.2) is 0 Å². The summed E-state index contributed by atoms with van der Waals surface area (Å²) in [6.07, 6.45) is 1.59. The van der Waals surface area contributed by atoms with Crippen LogP contribution in [-0.2, 0) is 9.53 Å². The molecule has 6 nitrogen and oxygen atoms in total. The van der Waals surface area contributed by atoms with E-state index in [0.29, 0.717) is 18.3 Å². The Labute approximate surface area is 106 Å². The first-order chi connectivity index (χ1) is 8.61. The van der Waals surface area contributed by atoms with Crippen LogP contribution in [0, 0.1) is 5.92 Å². The van der Waals surface area contributed by atoms with Crippen molar-refractivity contribution in [1.29, 1.82) is 0 Å². The number of carbonyl (C=O) groups excluding carboxylic acids is 1. The Kier molecular flexibility index (Phi) is 3.96. The van der Waals surface area contributed by atoms with E-state index in [1.54, 1.807) is 0 Å². The van der Waals surface area contributed by atoms with Gasteiger partial charge in [-0.1, -0.05) is 13.8 Å². The van der Waals surface area contributed by atoms with E-state index >= 15 is 0 Å². The first kappa shape index (κ1) is 13.0. The third-order valence-electron chi connectivity index (χ3n) is 3.20. The van der Waals surface area contributed by atoms with Crippen molar-refractivity contribution in [1.82, 2.24) is 15.5 Å². The molecule has 0 aromatic carbocycles. The van der Waals surface area contributed by atoms with Crippen LogP contribution in [0.4, 0.5) is 0 Å². The van der Waals surface area contributed by atoms with Gasteiger partial charge in [-0.15, -0.1) is 10.2 Å². The van der Waals surface area contributed by atoms with Gasteiger partial charge in [-0.3, -0.25) is 4.79 Å². The molecule has 0 aliphatic carbocycles. The molecule has 0 bridgehead atoms. The van der Waals surface area contributed by atoms with Gasteiger partial charge in [-0.05, 0) is 12.8 Å². The molecule has 6 heteroatoms. The van der Waals surface area contributed by atoms with E-state index in [9.17, 15) is 4.79 Å². The molecule has 1 aliphatic rings. The van der Waals surface area contributed by atoms with Crippen molar-refractivity contribution in [2.75, 3.05) is 13.7 Å². The Morgan fingerprint density at radius 3 is 2.72 bits per heavy atom. The molecular weight excluding hydrogens is 234 g/mol. The van der Waals surface area contributed by atoms with Gasteiger partial charge in [0.05, 0.1) is 19.1 Å². The predicted molar refractivity (Wildman–Crippen MR) is 63.9 cm³/mol. The fraction of sp³-hybridized carbons (Fsp3) is 0.750. The number of rotatable bonds is 3. The molecule has 2 heterocycles. The number of piperidine rings is 1. The summed E-state index contributed by atoms with van der Waals surface area (Å²) in [5, 5.41) is 11.3. The van der Waals surface area contributed by atoms with Crippen molar-refractivity contribution in [3.63, 3.8) is 0 Å². The molecule has 1 fully saturated rings. The predicted octanol–water partition coefficient (Wildman–Crippen LogP) is 1.41. The number of nitrogens with zero attached hydrogens (tertiary/aromatic N) is 2. The molecule has 1 saturated heterocycles. The molecule has 0 spiro atoms. The third kappa shape index (κ3) is 2.69. The van der Waals surface area contributed by atoms with Crippen LogP contribution in [0.15, 0.2) is 4.42 Å². The lowest BCUT2D eigenvalue weighted by molar-refractivity contribution is -0.146. The number of aromatic nitrogens is 2. The maximum absolute atomic E-state index is 11.4. The van der Waals surface area contributed by atoms with Crippen LogP contribution in [0.3, 0.4) is 0 Å². The largest absolute Gasteiger partial charge is 0.469 e. The molecule has 100 valence electrons. The van der Waals surface area contributed by atoms with Gasteiger partial charge in [0.2, 0.25) is 11.8 Å². The minimum atomic E-state index is -0.158. The summed E-state index contributed by atoms with van der Waals surface area (Å²) >= 11 is 0. The second-order valence-corrected chi connectivity index (χ2v) is 4.89. The number of hydrogen-bond donors (Lipinski definition) is 1. The highest BCUT2D eigenvalue weighted by atomic mass is 16.5. The maximum Gasteiger partial charge on any atom is 0.309 e. The van der Waals surface area contributed by atoms with Crippen molar-refractivity contribution in [3.05, 3.63) is 11.8 Å². The topological polar surface area (TPSA) is 77.2 Å². The molecule has 0 unspecified atom stereocenters. The van der Waals surface area contributed by atoms with E-state index in [1.807, 2.05) is 13.8 Å². The molecular formula is C12H19N3O3. The Bertz CT molecular complexity index is 408. The van der Waals surface area contributed by atoms with Gasteiger partial charge >= 0.3 is 5.97 Å². The highest BCUT2D eigenvalue weighted by Gasteiger charge is 2.30. The standard InChI is InChI=1S/C12H19N3O3/c1-7(2)10-14-15-11(18-10)9-5-4-8(6-13-9)12(16)17-3/h7-9,13H,4-6H2,1-3H3/t8-,9+/m1/s1. The minimum absolute atomic E-state index is 0.0471. The molecule has 1 aromatic rings. The molecule has 0 radical (unpaired) electrons. The van der Waals surface area contributed by atoms with Gasteiger partial charge in [0.1, 0.15) is 0 Å². The van der Waals surface area contributed by atoms with Crippen LogP contribution in [0.25, 0.3) is 0 Å². The highest BCUT2D eigenvalue weighted by molar-refractivity contribution is 5.72. The third-order valence-corrected chi connectivity index (χ3v) is 3.20. The fourth-order valence-electron chi connectivity index (χ4n) is 2.06. The monoisotopic (exact) mass is 253 g/mol. The summed E-state index contributed by atoms with van der Waals surface area (Å²) in [6.45, 7) is 4.62. The Balaban J connectivity index is 1.94. The molecule has 1 aliphatic heterocycles.